The lowest BCUT2D eigenvalue weighted by Crippen LogP contribution is -2.42. The van der Waals surface area contributed by atoms with Crippen molar-refractivity contribution >= 4 is 39.2 Å². The second kappa shape index (κ2) is 10.3. The molecule has 0 aliphatic heterocycles. The zero-order valence-electron chi connectivity index (χ0n) is 18.0. The Labute approximate surface area is 213 Å². The minimum absolute atomic E-state index is 0.0312. The van der Waals surface area contributed by atoms with Crippen LogP contribution in [-0.2, 0) is 21.2 Å². The number of hydrogen-bond acceptors (Lipinski definition) is 6. The molecule has 13 heteroatoms. The summed E-state index contributed by atoms with van der Waals surface area (Å²) in [6.07, 6.45) is -0.371. The monoisotopic (exact) mass is 553 g/mol. The molecule has 3 aromatic carbocycles. The molecule has 4 rings (SSSR count). The molecule has 2 N–H and O–H groups in total. The number of nitrogens with zero attached hydrogens (tertiary/aromatic N) is 2. The highest BCUT2D eigenvalue weighted by molar-refractivity contribution is 7.89. The Bertz CT molecular complexity index is 1550. The molecular weight excluding hydrogens is 539 g/mol. The maximum Gasteiger partial charge on any atom is 0.322 e. The van der Waals surface area contributed by atoms with Crippen LogP contribution < -0.4 is 4.72 Å². The van der Waals surface area contributed by atoms with Gasteiger partial charge in [0, 0.05) is 10.6 Å². The first-order valence-electron chi connectivity index (χ1n) is 10.1. The zero-order valence-corrected chi connectivity index (χ0v) is 20.3. The highest BCUT2D eigenvalue weighted by Gasteiger charge is 2.28. The predicted molar refractivity (Wildman–Crippen MR) is 127 cm³/mol. The number of benzene rings is 3. The van der Waals surface area contributed by atoms with Crippen molar-refractivity contribution in [1.82, 2.24) is 14.9 Å². The summed E-state index contributed by atoms with van der Waals surface area (Å²) in [4.78, 5) is 15.5. The number of aliphatic carboxylic acids is 1. The normalized spacial score (nSPS) is 12.4. The van der Waals surface area contributed by atoms with Gasteiger partial charge in [0.05, 0.1) is 10.6 Å². The number of halogens is 4. The molecule has 0 saturated carbocycles. The molecule has 0 saturated heterocycles. The van der Waals surface area contributed by atoms with E-state index in [9.17, 15) is 27.1 Å². The van der Waals surface area contributed by atoms with Gasteiger partial charge in [-0.2, -0.15) is 9.71 Å². The smallest absolute Gasteiger partial charge is 0.322 e. The summed E-state index contributed by atoms with van der Waals surface area (Å²) in [5, 5.41) is 13.3. The zero-order chi connectivity index (χ0) is 26.0. The van der Waals surface area contributed by atoms with Gasteiger partial charge in [-0.05, 0) is 66.6 Å². The first-order chi connectivity index (χ1) is 17.0. The fourth-order valence-corrected chi connectivity index (χ4v) is 5.23. The van der Waals surface area contributed by atoms with Crippen LogP contribution in [0.15, 0.2) is 70.1 Å². The molecule has 1 atom stereocenters. The van der Waals surface area contributed by atoms with Gasteiger partial charge in [0.1, 0.15) is 22.6 Å². The van der Waals surface area contributed by atoms with Crippen LogP contribution in [0.5, 0.6) is 0 Å². The Morgan fingerprint density at radius 1 is 1.06 bits per heavy atom. The fraction of sp³-hybridized carbons (Fsp3) is 0.0870. The third-order valence-corrected chi connectivity index (χ3v) is 7.20. The molecule has 8 nitrogen and oxygen atoms in total. The van der Waals surface area contributed by atoms with Crippen LogP contribution >= 0.6 is 23.2 Å². The van der Waals surface area contributed by atoms with Gasteiger partial charge in [-0.1, -0.05) is 34.4 Å². The van der Waals surface area contributed by atoms with Gasteiger partial charge >= 0.3 is 5.97 Å². The van der Waals surface area contributed by atoms with E-state index in [1.165, 1.54) is 48.5 Å². The highest BCUT2D eigenvalue weighted by Crippen LogP contribution is 2.27. The minimum atomic E-state index is -4.33. The number of rotatable bonds is 8. The summed E-state index contributed by atoms with van der Waals surface area (Å²) in [6.45, 7) is 0. The van der Waals surface area contributed by atoms with Gasteiger partial charge in [0.25, 0.3) is 5.89 Å². The Morgan fingerprint density at radius 2 is 1.78 bits per heavy atom. The van der Waals surface area contributed by atoms with Crippen LogP contribution in [0.3, 0.4) is 0 Å². The van der Waals surface area contributed by atoms with Gasteiger partial charge in [-0.3, -0.25) is 4.79 Å². The Kier molecular flexibility index (Phi) is 7.36. The fourth-order valence-electron chi connectivity index (χ4n) is 3.27. The van der Waals surface area contributed by atoms with Crippen molar-refractivity contribution in [3.63, 3.8) is 0 Å². The molecule has 0 spiro atoms. The number of aromatic nitrogens is 2. The summed E-state index contributed by atoms with van der Waals surface area (Å²) in [7, 11) is -4.33. The van der Waals surface area contributed by atoms with E-state index in [4.69, 9.17) is 27.7 Å². The van der Waals surface area contributed by atoms with Crippen molar-refractivity contribution in [3.8, 4) is 22.8 Å². The number of nitrogens with one attached hydrogen (secondary N) is 1. The molecule has 4 aromatic rings. The molecule has 0 aliphatic carbocycles. The lowest BCUT2D eigenvalue weighted by Gasteiger charge is -2.16. The van der Waals surface area contributed by atoms with E-state index in [0.29, 0.717) is 5.56 Å². The van der Waals surface area contributed by atoms with E-state index in [1.807, 2.05) is 0 Å². The summed E-state index contributed by atoms with van der Waals surface area (Å²) < 4.78 is 60.5. The third kappa shape index (κ3) is 5.71. The van der Waals surface area contributed by atoms with Crippen molar-refractivity contribution in [2.75, 3.05) is 0 Å². The number of carboxylic acid groups (broad SMARTS) is 1. The summed E-state index contributed by atoms with van der Waals surface area (Å²) >= 11 is 11.7. The van der Waals surface area contributed by atoms with Crippen molar-refractivity contribution < 1.29 is 31.6 Å². The van der Waals surface area contributed by atoms with Crippen molar-refractivity contribution in [3.05, 3.63) is 87.9 Å². The van der Waals surface area contributed by atoms with Crippen LogP contribution in [0.1, 0.15) is 5.56 Å². The molecular formula is C23H15Cl2F2N3O5S. The van der Waals surface area contributed by atoms with Crippen molar-refractivity contribution in [1.29, 1.82) is 0 Å². The van der Waals surface area contributed by atoms with Crippen LogP contribution in [0.2, 0.25) is 10.0 Å². The second-order valence-electron chi connectivity index (χ2n) is 7.54. The molecule has 0 radical (unpaired) electrons. The van der Waals surface area contributed by atoms with Gasteiger partial charge in [-0.25, -0.2) is 17.2 Å². The van der Waals surface area contributed by atoms with E-state index in [-0.39, 0.29) is 44.2 Å². The molecule has 0 amide bonds. The van der Waals surface area contributed by atoms with Crippen LogP contribution in [0, 0.1) is 11.6 Å². The van der Waals surface area contributed by atoms with E-state index in [1.54, 1.807) is 0 Å². The largest absolute Gasteiger partial charge is 0.480 e. The average Bonchev–Trinajstić information content (AvgIpc) is 3.28. The molecule has 0 fully saturated rings. The highest BCUT2D eigenvalue weighted by atomic mass is 35.5. The molecule has 1 unspecified atom stereocenters. The van der Waals surface area contributed by atoms with Crippen molar-refractivity contribution in [2.24, 2.45) is 0 Å². The lowest BCUT2D eigenvalue weighted by molar-refractivity contribution is -0.138. The Morgan fingerprint density at radius 3 is 2.42 bits per heavy atom. The van der Waals surface area contributed by atoms with Gasteiger partial charge in [0.2, 0.25) is 15.8 Å². The molecule has 0 bridgehead atoms. The SMILES string of the molecule is O=C(O)C(Cc1ccc(-c2noc(-c3ccc(F)cc3)n2)c(F)c1)NS(=O)(=O)c1ccc(Cl)cc1Cl. The first kappa shape index (κ1) is 25.7. The standard InChI is InChI=1S/C23H15Cl2F2N3O5S/c24-14-4-8-20(17(25)11-14)36(33,34)30-19(23(31)32)10-12-1-7-16(18(27)9-12)21-28-22(35-29-21)13-2-5-15(26)6-3-13/h1-9,11,19,30H,10H2,(H,31,32). The van der Waals surface area contributed by atoms with Gasteiger partial charge < -0.3 is 9.63 Å². The van der Waals surface area contributed by atoms with Crippen LogP contribution in [0.25, 0.3) is 22.8 Å². The topological polar surface area (TPSA) is 122 Å². The number of carboxylic acids is 1. The maximum atomic E-state index is 14.9. The van der Waals surface area contributed by atoms with Crippen LogP contribution in [-0.4, -0.2) is 35.7 Å². The summed E-state index contributed by atoms with van der Waals surface area (Å²) in [5.74, 6) is -2.73. The average molecular weight is 554 g/mol. The first-order valence-corrected chi connectivity index (χ1v) is 12.4. The Balaban J connectivity index is 1.54. The Hall–Kier alpha value is -3.38. The molecule has 1 aromatic heterocycles. The summed E-state index contributed by atoms with van der Waals surface area (Å²) in [5.41, 5.74) is 0.594. The van der Waals surface area contributed by atoms with E-state index >= 15 is 0 Å². The molecule has 36 heavy (non-hydrogen) atoms. The number of carbonyl (C=O) groups is 1. The second-order valence-corrected chi connectivity index (χ2v) is 10.1. The van der Waals surface area contributed by atoms with E-state index < -0.39 is 33.7 Å². The van der Waals surface area contributed by atoms with E-state index in [0.717, 1.165) is 12.1 Å². The maximum absolute atomic E-state index is 14.9. The molecule has 186 valence electrons. The van der Waals surface area contributed by atoms with Gasteiger partial charge in [0.15, 0.2) is 0 Å². The molecule has 0 aliphatic rings. The van der Waals surface area contributed by atoms with Crippen molar-refractivity contribution in [2.45, 2.75) is 17.4 Å². The predicted octanol–water partition coefficient (Wildman–Crippen LogP) is 4.96. The van der Waals surface area contributed by atoms with E-state index in [2.05, 4.69) is 14.9 Å². The summed E-state index contributed by atoms with van der Waals surface area (Å²) in [6, 6.07) is 11.1. The number of sulfonamides is 1. The minimum Gasteiger partial charge on any atom is -0.480 e. The lowest BCUT2D eigenvalue weighted by atomic mass is 10.0. The third-order valence-electron chi connectivity index (χ3n) is 5.01. The molecule has 1 heterocycles. The number of hydrogen-bond donors (Lipinski definition) is 2. The van der Waals surface area contributed by atoms with Gasteiger partial charge in [-0.15, -0.1) is 0 Å². The van der Waals surface area contributed by atoms with Crippen LogP contribution in [0.4, 0.5) is 8.78 Å². The quantitative estimate of drug-likeness (QED) is 0.316.